The van der Waals surface area contributed by atoms with Crippen molar-refractivity contribution in [3.63, 3.8) is 0 Å². The van der Waals surface area contributed by atoms with Crippen LogP contribution in [0.3, 0.4) is 0 Å². The average Bonchev–Trinajstić information content (AvgIpc) is 2.92. The topological polar surface area (TPSA) is 108 Å². The van der Waals surface area contributed by atoms with Crippen LogP contribution in [0.4, 0.5) is 14.5 Å². The minimum atomic E-state index is -0.750. The van der Waals surface area contributed by atoms with Gasteiger partial charge in [0.05, 0.1) is 36.3 Å². The molecular formula is C28H21F2N5O4. The first-order valence-electron chi connectivity index (χ1n) is 11.6. The largest absolute Gasteiger partial charge is 0.495 e. The quantitative estimate of drug-likeness (QED) is 0.329. The molecule has 196 valence electrons. The number of benzene rings is 1. The smallest absolute Gasteiger partial charge is 0.261 e. The fourth-order valence-electron chi connectivity index (χ4n) is 3.96. The van der Waals surface area contributed by atoms with E-state index in [2.05, 4.69) is 20.3 Å². The second-order valence-corrected chi connectivity index (χ2v) is 8.56. The fraction of sp³-hybridized carbons (Fsp3) is 0.107. The SMILES string of the molecule is COc1cnc2c(Oc3ccc(NC(=O)c4c(C)n(C)cc(-c5ccc(F)cn5)c4=O)cc3F)ccnc2c1. The third kappa shape index (κ3) is 5.01. The lowest BCUT2D eigenvalue weighted by molar-refractivity contribution is 0.102. The maximum atomic E-state index is 15.0. The van der Waals surface area contributed by atoms with Crippen LogP contribution < -0.4 is 20.2 Å². The Morgan fingerprint density at radius 2 is 1.82 bits per heavy atom. The number of carbonyl (C=O) groups excluding carboxylic acids is 1. The monoisotopic (exact) mass is 529 g/mol. The van der Waals surface area contributed by atoms with Crippen molar-refractivity contribution >= 4 is 22.6 Å². The van der Waals surface area contributed by atoms with Crippen LogP contribution in [-0.2, 0) is 7.05 Å². The number of aromatic nitrogens is 4. The lowest BCUT2D eigenvalue weighted by atomic mass is 10.1. The van der Waals surface area contributed by atoms with Crippen LogP contribution in [0.1, 0.15) is 16.1 Å². The van der Waals surface area contributed by atoms with Crippen LogP contribution in [0.15, 0.2) is 72.0 Å². The molecule has 0 atom stereocenters. The number of pyridine rings is 4. The van der Waals surface area contributed by atoms with Crippen molar-refractivity contribution in [1.82, 2.24) is 19.5 Å². The van der Waals surface area contributed by atoms with Gasteiger partial charge in [0.25, 0.3) is 5.91 Å². The van der Waals surface area contributed by atoms with Gasteiger partial charge in [0.2, 0.25) is 5.43 Å². The van der Waals surface area contributed by atoms with Crippen molar-refractivity contribution in [3.8, 4) is 28.5 Å². The van der Waals surface area contributed by atoms with Gasteiger partial charge >= 0.3 is 0 Å². The molecule has 11 heteroatoms. The standard InChI is InChI=1S/C28H21F2N5O4/c1-15-25(27(36)19(14-35(15)2)21-6-4-16(29)12-32-21)28(37)34-17-5-7-23(20(30)10-17)39-24-8-9-31-22-11-18(38-3)13-33-26(22)24/h4-14H,1-3H3,(H,34,37). The number of halogens is 2. The van der Waals surface area contributed by atoms with Gasteiger partial charge in [-0.25, -0.2) is 13.8 Å². The van der Waals surface area contributed by atoms with Crippen LogP contribution in [0.2, 0.25) is 0 Å². The highest BCUT2D eigenvalue weighted by atomic mass is 19.1. The molecule has 0 unspecified atom stereocenters. The summed E-state index contributed by atoms with van der Waals surface area (Å²) < 4.78 is 40.8. The van der Waals surface area contributed by atoms with E-state index < -0.39 is 23.0 Å². The number of ether oxygens (including phenoxy) is 2. The van der Waals surface area contributed by atoms with E-state index in [-0.39, 0.29) is 34.0 Å². The van der Waals surface area contributed by atoms with Crippen molar-refractivity contribution in [2.75, 3.05) is 12.4 Å². The normalized spacial score (nSPS) is 10.9. The summed E-state index contributed by atoms with van der Waals surface area (Å²) in [5, 5.41) is 2.56. The van der Waals surface area contributed by atoms with Gasteiger partial charge in [0.1, 0.15) is 22.6 Å². The van der Waals surface area contributed by atoms with Gasteiger partial charge < -0.3 is 19.4 Å². The van der Waals surface area contributed by atoms with E-state index in [1.807, 2.05) is 0 Å². The molecule has 9 nitrogen and oxygen atoms in total. The molecule has 1 amide bonds. The second-order valence-electron chi connectivity index (χ2n) is 8.56. The summed E-state index contributed by atoms with van der Waals surface area (Å²) in [6.45, 7) is 1.61. The fourth-order valence-corrected chi connectivity index (χ4v) is 3.96. The molecule has 0 aliphatic heterocycles. The van der Waals surface area contributed by atoms with Gasteiger partial charge in [-0.2, -0.15) is 0 Å². The number of fused-ring (bicyclic) bond motifs is 1. The second kappa shape index (κ2) is 10.3. The first-order valence-corrected chi connectivity index (χ1v) is 11.6. The zero-order chi connectivity index (χ0) is 27.7. The zero-order valence-corrected chi connectivity index (χ0v) is 21.0. The Bertz CT molecular complexity index is 1790. The molecular weight excluding hydrogens is 508 g/mol. The number of aryl methyl sites for hydroxylation is 1. The van der Waals surface area contributed by atoms with E-state index in [1.165, 1.54) is 50.0 Å². The first kappa shape index (κ1) is 25.5. The van der Waals surface area contributed by atoms with Crippen molar-refractivity contribution < 1.29 is 23.0 Å². The molecule has 1 aromatic carbocycles. The lowest BCUT2D eigenvalue weighted by Gasteiger charge is -2.14. The molecule has 4 heterocycles. The lowest BCUT2D eigenvalue weighted by Crippen LogP contribution is -2.27. The number of methoxy groups -OCH3 is 1. The highest BCUT2D eigenvalue weighted by Crippen LogP contribution is 2.31. The summed E-state index contributed by atoms with van der Waals surface area (Å²) >= 11 is 0. The van der Waals surface area contributed by atoms with E-state index in [9.17, 15) is 14.0 Å². The number of nitrogens with one attached hydrogen (secondary N) is 1. The summed E-state index contributed by atoms with van der Waals surface area (Å²) in [6.07, 6.45) is 5.51. The number of anilines is 1. The zero-order valence-electron chi connectivity index (χ0n) is 21.0. The van der Waals surface area contributed by atoms with Crippen molar-refractivity contribution in [3.05, 3.63) is 100 Å². The Balaban J connectivity index is 1.41. The summed E-state index contributed by atoms with van der Waals surface area (Å²) in [6, 6.07) is 9.64. The number of hydrogen-bond acceptors (Lipinski definition) is 7. The molecule has 5 aromatic rings. The van der Waals surface area contributed by atoms with E-state index >= 15 is 4.39 Å². The molecule has 1 N–H and O–H groups in total. The number of rotatable bonds is 6. The van der Waals surface area contributed by atoms with Crippen LogP contribution in [-0.4, -0.2) is 32.5 Å². The number of nitrogens with zero attached hydrogens (tertiary/aromatic N) is 4. The minimum Gasteiger partial charge on any atom is -0.495 e. The summed E-state index contributed by atoms with van der Waals surface area (Å²) in [5.74, 6) is -1.34. The first-order chi connectivity index (χ1) is 18.7. The number of amides is 1. The van der Waals surface area contributed by atoms with Gasteiger partial charge in [-0.05, 0) is 31.2 Å². The Hall–Kier alpha value is -5.19. The molecule has 39 heavy (non-hydrogen) atoms. The van der Waals surface area contributed by atoms with Crippen LogP contribution in [0.5, 0.6) is 17.2 Å². The average molecular weight is 530 g/mol. The molecule has 5 rings (SSSR count). The summed E-state index contributed by atoms with van der Waals surface area (Å²) in [5.41, 5.74) is 1.02. The van der Waals surface area contributed by atoms with Crippen LogP contribution >= 0.6 is 0 Å². The number of hydrogen-bond donors (Lipinski definition) is 1. The highest BCUT2D eigenvalue weighted by molar-refractivity contribution is 6.05. The molecule has 0 radical (unpaired) electrons. The molecule has 0 saturated carbocycles. The molecule has 0 bridgehead atoms. The van der Waals surface area contributed by atoms with Gasteiger partial charge in [0, 0.05) is 49.0 Å². The molecule has 0 aliphatic rings. The highest BCUT2D eigenvalue weighted by Gasteiger charge is 2.21. The Kier molecular flexibility index (Phi) is 6.72. The predicted molar refractivity (Wildman–Crippen MR) is 140 cm³/mol. The van der Waals surface area contributed by atoms with Gasteiger partial charge in [-0.1, -0.05) is 0 Å². The van der Waals surface area contributed by atoms with Crippen molar-refractivity contribution in [2.24, 2.45) is 7.05 Å². The van der Waals surface area contributed by atoms with Gasteiger partial charge in [0.15, 0.2) is 17.3 Å². The Labute approximate surface area is 220 Å². The minimum absolute atomic E-state index is 0.102. The van der Waals surface area contributed by atoms with Gasteiger partial charge in [-0.15, -0.1) is 0 Å². The number of carbonyl (C=O) groups is 1. The molecule has 0 spiro atoms. The third-order valence-corrected chi connectivity index (χ3v) is 6.08. The van der Waals surface area contributed by atoms with Crippen LogP contribution in [0.25, 0.3) is 22.3 Å². The van der Waals surface area contributed by atoms with E-state index in [1.54, 1.807) is 30.7 Å². The molecule has 4 aromatic heterocycles. The van der Waals surface area contributed by atoms with Crippen LogP contribution in [0, 0.1) is 18.6 Å². The summed E-state index contributed by atoms with van der Waals surface area (Å²) in [4.78, 5) is 38.8. The van der Waals surface area contributed by atoms with E-state index in [0.717, 1.165) is 12.3 Å². The Morgan fingerprint density at radius 3 is 2.54 bits per heavy atom. The van der Waals surface area contributed by atoms with Crippen molar-refractivity contribution in [2.45, 2.75) is 6.92 Å². The Morgan fingerprint density at radius 1 is 1.00 bits per heavy atom. The summed E-state index contributed by atoms with van der Waals surface area (Å²) in [7, 11) is 3.18. The predicted octanol–water partition coefficient (Wildman–Crippen LogP) is 5.03. The maximum absolute atomic E-state index is 15.0. The van der Waals surface area contributed by atoms with E-state index in [4.69, 9.17) is 9.47 Å². The van der Waals surface area contributed by atoms with Gasteiger partial charge in [-0.3, -0.25) is 19.6 Å². The maximum Gasteiger partial charge on any atom is 0.261 e. The van der Waals surface area contributed by atoms with Crippen molar-refractivity contribution in [1.29, 1.82) is 0 Å². The molecule has 0 saturated heterocycles. The molecule has 0 aliphatic carbocycles. The van der Waals surface area contributed by atoms with E-state index in [0.29, 0.717) is 22.5 Å². The molecule has 0 fully saturated rings. The third-order valence-electron chi connectivity index (χ3n) is 6.08.